The molecule has 1 amide bonds. The molecule has 4 nitrogen and oxygen atoms in total. The summed E-state index contributed by atoms with van der Waals surface area (Å²) in [6.07, 6.45) is 4.75. The summed E-state index contributed by atoms with van der Waals surface area (Å²) in [5, 5.41) is 0. The molecule has 0 bridgehead atoms. The molecule has 27 heavy (non-hydrogen) atoms. The van der Waals surface area contributed by atoms with Crippen molar-refractivity contribution in [2.24, 2.45) is 0 Å². The standard InChI is InChI=1S/C23H22N2O2/c26-23(18-10-3-1-4-11-18)25-17-8-7-15-21(25)20-14-9-16-24-22(20)27-19-12-5-2-6-13-19/h1-6,9-14,16,21H,7-8,15,17H2/t21-/m0/s1. The first-order valence-corrected chi connectivity index (χ1v) is 9.37. The largest absolute Gasteiger partial charge is 0.439 e. The first kappa shape index (κ1) is 17.3. The predicted octanol–water partition coefficient (Wildman–Crippen LogP) is 5.24. The third-order valence-electron chi connectivity index (χ3n) is 4.90. The lowest BCUT2D eigenvalue weighted by molar-refractivity contribution is 0.0608. The number of benzene rings is 2. The van der Waals surface area contributed by atoms with Gasteiger partial charge in [0.05, 0.1) is 6.04 Å². The van der Waals surface area contributed by atoms with E-state index in [1.54, 1.807) is 6.20 Å². The zero-order chi connectivity index (χ0) is 18.5. The summed E-state index contributed by atoms with van der Waals surface area (Å²) in [5.41, 5.74) is 1.68. The molecule has 2 aromatic carbocycles. The molecule has 0 spiro atoms. The number of pyridine rings is 1. The van der Waals surface area contributed by atoms with Gasteiger partial charge < -0.3 is 9.64 Å². The number of hydrogen-bond acceptors (Lipinski definition) is 3. The van der Waals surface area contributed by atoms with E-state index in [-0.39, 0.29) is 11.9 Å². The van der Waals surface area contributed by atoms with Gasteiger partial charge in [0.15, 0.2) is 0 Å². The monoisotopic (exact) mass is 358 g/mol. The third kappa shape index (κ3) is 3.85. The summed E-state index contributed by atoms with van der Waals surface area (Å²) >= 11 is 0. The summed E-state index contributed by atoms with van der Waals surface area (Å²) in [4.78, 5) is 19.5. The molecule has 1 aliphatic heterocycles. The van der Waals surface area contributed by atoms with Gasteiger partial charge in [-0.1, -0.05) is 42.5 Å². The van der Waals surface area contributed by atoms with Crippen LogP contribution in [0.2, 0.25) is 0 Å². The normalized spacial score (nSPS) is 16.7. The van der Waals surface area contributed by atoms with Crippen LogP contribution >= 0.6 is 0 Å². The van der Waals surface area contributed by atoms with E-state index in [9.17, 15) is 4.79 Å². The number of likely N-dealkylation sites (tertiary alicyclic amines) is 1. The lowest BCUT2D eigenvalue weighted by atomic mass is 9.95. The highest BCUT2D eigenvalue weighted by Crippen LogP contribution is 2.37. The van der Waals surface area contributed by atoms with E-state index in [1.807, 2.05) is 77.7 Å². The Bertz CT molecular complexity index is 897. The van der Waals surface area contributed by atoms with Crippen molar-refractivity contribution >= 4 is 5.91 Å². The minimum Gasteiger partial charge on any atom is -0.439 e. The SMILES string of the molecule is O=C(c1ccccc1)N1CCCC[C@H]1c1cccnc1Oc1ccccc1. The molecule has 4 heteroatoms. The Morgan fingerprint density at radius 1 is 0.926 bits per heavy atom. The Labute approximate surface area is 159 Å². The van der Waals surface area contributed by atoms with Crippen LogP contribution in [0.3, 0.4) is 0 Å². The van der Waals surface area contributed by atoms with Crippen LogP contribution in [0.5, 0.6) is 11.6 Å². The summed E-state index contributed by atoms with van der Waals surface area (Å²) in [5.74, 6) is 1.38. The average molecular weight is 358 g/mol. The minimum absolute atomic E-state index is 0.0288. The number of aromatic nitrogens is 1. The van der Waals surface area contributed by atoms with Crippen LogP contribution in [0.15, 0.2) is 79.0 Å². The fraction of sp³-hybridized carbons (Fsp3) is 0.217. The van der Waals surface area contributed by atoms with E-state index in [0.717, 1.165) is 42.7 Å². The van der Waals surface area contributed by atoms with Gasteiger partial charge in [-0.05, 0) is 49.6 Å². The fourth-order valence-corrected chi connectivity index (χ4v) is 3.59. The van der Waals surface area contributed by atoms with Crippen LogP contribution in [0.4, 0.5) is 0 Å². The summed E-state index contributed by atoms with van der Waals surface area (Å²) in [6, 6.07) is 23.0. The zero-order valence-corrected chi connectivity index (χ0v) is 15.1. The Hall–Kier alpha value is -3.14. The van der Waals surface area contributed by atoms with E-state index in [2.05, 4.69) is 4.98 Å². The number of rotatable bonds is 4. The van der Waals surface area contributed by atoms with Crippen molar-refractivity contribution in [3.63, 3.8) is 0 Å². The number of ether oxygens (including phenoxy) is 1. The fourth-order valence-electron chi connectivity index (χ4n) is 3.59. The van der Waals surface area contributed by atoms with Gasteiger partial charge in [-0.25, -0.2) is 4.98 Å². The molecular weight excluding hydrogens is 336 g/mol. The van der Waals surface area contributed by atoms with Crippen molar-refractivity contribution in [1.82, 2.24) is 9.88 Å². The van der Waals surface area contributed by atoms with Crippen molar-refractivity contribution in [2.45, 2.75) is 25.3 Å². The molecule has 1 aromatic heterocycles. The molecule has 0 N–H and O–H groups in total. The number of carbonyl (C=O) groups excluding carboxylic acids is 1. The molecule has 3 aromatic rings. The first-order valence-electron chi connectivity index (χ1n) is 9.37. The van der Waals surface area contributed by atoms with Crippen molar-refractivity contribution in [2.75, 3.05) is 6.54 Å². The van der Waals surface area contributed by atoms with E-state index >= 15 is 0 Å². The van der Waals surface area contributed by atoms with Gasteiger partial charge >= 0.3 is 0 Å². The molecule has 1 aliphatic rings. The van der Waals surface area contributed by atoms with E-state index in [0.29, 0.717) is 5.88 Å². The van der Waals surface area contributed by atoms with Crippen LogP contribution in [-0.4, -0.2) is 22.3 Å². The molecule has 0 radical (unpaired) electrons. The number of amides is 1. The highest BCUT2D eigenvalue weighted by molar-refractivity contribution is 5.94. The third-order valence-corrected chi connectivity index (χ3v) is 4.90. The van der Waals surface area contributed by atoms with Crippen molar-refractivity contribution in [3.05, 3.63) is 90.1 Å². The first-order chi connectivity index (χ1) is 13.3. The van der Waals surface area contributed by atoms with Crippen molar-refractivity contribution < 1.29 is 9.53 Å². The van der Waals surface area contributed by atoms with Crippen LogP contribution < -0.4 is 4.74 Å². The van der Waals surface area contributed by atoms with Crippen LogP contribution in [-0.2, 0) is 0 Å². The lowest BCUT2D eigenvalue weighted by Crippen LogP contribution is -2.38. The van der Waals surface area contributed by atoms with E-state index in [1.165, 1.54) is 0 Å². The maximum atomic E-state index is 13.1. The second kappa shape index (κ2) is 8.04. The predicted molar refractivity (Wildman–Crippen MR) is 105 cm³/mol. The Kier molecular flexibility index (Phi) is 5.15. The van der Waals surface area contributed by atoms with E-state index in [4.69, 9.17) is 4.74 Å². The maximum Gasteiger partial charge on any atom is 0.254 e. The molecule has 4 rings (SSSR count). The van der Waals surface area contributed by atoms with Crippen LogP contribution in [0, 0.1) is 0 Å². The molecule has 0 unspecified atom stereocenters. The molecule has 2 heterocycles. The van der Waals surface area contributed by atoms with Gasteiger partial charge in [0.2, 0.25) is 5.88 Å². The summed E-state index contributed by atoms with van der Waals surface area (Å²) < 4.78 is 6.05. The molecule has 1 atom stereocenters. The Balaban J connectivity index is 1.65. The topological polar surface area (TPSA) is 42.4 Å². The second-order valence-corrected chi connectivity index (χ2v) is 6.69. The van der Waals surface area contributed by atoms with Gasteiger partial charge in [-0.15, -0.1) is 0 Å². The molecular formula is C23H22N2O2. The van der Waals surface area contributed by atoms with Gasteiger partial charge in [0.25, 0.3) is 5.91 Å². The number of nitrogens with zero attached hydrogens (tertiary/aromatic N) is 2. The van der Waals surface area contributed by atoms with Crippen LogP contribution in [0.1, 0.15) is 41.2 Å². The molecule has 136 valence electrons. The Morgan fingerprint density at radius 3 is 2.44 bits per heavy atom. The Morgan fingerprint density at radius 2 is 1.67 bits per heavy atom. The van der Waals surface area contributed by atoms with Gasteiger partial charge in [-0.2, -0.15) is 0 Å². The summed E-state index contributed by atoms with van der Waals surface area (Å²) in [7, 11) is 0. The molecule has 0 saturated carbocycles. The number of para-hydroxylation sites is 1. The minimum atomic E-state index is -0.0288. The molecule has 1 saturated heterocycles. The number of carbonyl (C=O) groups is 1. The number of piperidine rings is 1. The van der Waals surface area contributed by atoms with Crippen molar-refractivity contribution in [3.8, 4) is 11.6 Å². The smallest absolute Gasteiger partial charge is 0.254 e. The van der Waals surface area contributed by atoms with Crippen LogP contribution in [0.25, 0.3) is 0 Å². The van der Waals surface area contributed by atoms with E-state index < -0.39 is 0 Å². The van der Waals surface area contributed by atoms with Crippen molar-refractivity contribution in [1.29, 1.82) is 0 Å². The highest BCUT2D eigenvalue weighted by atomic mass is 16.5. The van der Waals surface area contributed by atoms with Gasteiger partial charge in [-0.3, -0.25) is 4.79 Å². The number of hydrogen-bond donors (Lipinski definition) is 0. The lowest BCUT2D eigenvalue weighted by Gasteiger charge is -2.36. The maximum absolute atomic E-state index is 13.1. The van der Waals surface area contributed by atoms with Gasteiger partial charge in [0, 0.05) is 23.9 Å². The van der Waals surface area contributed by atoms with Gasteiger partial charge in [0.1, 0.15) is 5.75 Å². The average Bonchev–Trinajstić information content (AvgIpc) is 2.75. The zero-order valence-electron chi connectivity index (χ0n) is 15.1. The highest BCUT2D eigenvalue weighted by Gasteiger charge is 2.31. The quantitative estimate of drug-likeness (QED) is 0.640. The molecule has 1 fully saturated rings. The molecule has 0 aliphatic carbocycles. The second-order valence-electron chi connectivity index (χ2n) is 6.69. The summed E-state index contributed by atoms with van der Waals surface area (Å²) in [6.45, 7) is 0.748.